The third kappa shape index (κ3) is 7.60. The van der Waals surface area contributed by atoms with E-state index in [9.17, 15) is 26.4 Å². The lowest BCUT2D eigenvalue weighted by molar-refractivity contribution is -0.0263. The van der Waals surface area contributed by atoms with E-state index in [0.29, 0.717) is 22.6 Å². The molecule has 4 aromatic rings. The molecule has 0 bridgehead atoms. The van der Waals surface area contributed by atoms with Crippen LogP contribution in [0.5, 0.6) is 5.75 Å². The van der Waals surface area contributed by atoms with Gasteiger partial charge in [-0.25, -0.2) is 26.6 Å². The minimum atomic E-state index is -3.57. The fourth-order valence-electron chi connectivity index (χ4n) is 4.65. The Balaban J connectivity index is 1.43. The maximum Gasteiger partial charge on any atom is 0.282 e. The Kier molecular flexibility index (Phi) is 8.78. The molecule has 0 unspecified atom stereocenters. The van der Waals surface area contributed by atoms with Crippen LogP contribution in [0.3, 0.4) is 0 Å². The number of thioether (sulfide) groups is 1. The molecule has 0 aliphatic carbocycles. The number of nitrogens with one attached hydrogen (secondary N) is 2. The smallest absolute Gasteiger partial charge is 0.282 e. The molecular weight excluding hydrogens is 639 g/mol. The monoisotopic (exact) mass is 665 g/mol. The lowest BCUT2D eigenvalue weighted by Crippen LogP contribution is -2.56. The zero-order valence-electron chi connectivity index (χ0n) is 23.7. The lowest BCUT2D eigenvalue weighted by Gasteiger charge is -2.40. The Morgan fingerprint density at radius 3 is 2.52 bits per heavy atom. The molecule has 0 saturated carbocycles. The summed E-state index contributed by atoms with van der Waals surface area (Å²) < 4.78 is 74.7. The standard InChI is InChI=1S/C29H27ClF3N5O4S2/c1-37-13-18(28(39)35-21-7-19(30)8-22(10-21)36-44(3,40)41)6-25(37)27-26(11-23(12-34-27)38-15-29(32,33)16-38)42-14-17-4-20(31)9-24(5-17)43-2/h4-13,36H,14-16H2,1-3H3,(H,35,39). The quantitative estimate of drug-likeness (QED) is 0.193. The molecule has 1 saturated heterocycles. The highest BCUT2D eigenvalue weighted by atomic mass is 35.5. The zero-order valence-corrected chi connectivity index (χ0v) is 26.1. The van der Waals surface area contributed by atoms with Gasteiger partial charge in [0, 0.05) is 34.9 Å². The molecule has 0 radical (unpaired) electrons. The molecule has 1 fully saturated rings. The first-order valence-corrected chi connectivity index (χ1v) is 16.5. The summed E-state index contributed by atoms with van der Waals surface area (Å²) in [5.74, 6) is -3.46. The number of carbonyl (C=O) groups excluding carboxylic acids is 1. The maximum atomic E-state index is 14.1. The predicted octanol–water partition coefficient (Wildman–Crippen LogP) is 6.26. The Morgan fingerprint density at radius 1 is 1.11 bits per heavy atom. The summed E-state index contributed by atoms with van der Waals surface area (Å²) in [4.78, 5) is 19.9. The topological polar surface area (TPSA) is 106 Å². The van der Waals surface area contributed by atoms with Crippen molar-refractivity contribution in [3.05, 3.63) is 82.9 Å². The van der Waals surface area contributed by atoms with Crippen molar-refractivity contribution in [2.45, 2.75) is 17.4 Å². The van der Waals surface area contributed by atoms with Crippen molar-refractivity contribution in [3.63, 3.8) is 0 Å². The highest BCUT2D eigenvalue weighted by molar-refractivity contribution is 7.98. The molecule has 232 valence electrons. The number of aromatic nitrogens is 2. The molecule has 2 aromatic heterocycles. The number of carbonyl (C=O) groups is 1. The van der Waals surface area contributed by atoms with Crippen molar-refractivity contribution < 1.29 is 31.1 Å². The van der Waals surface area contributed by atoms with E-state index < -0.39 is 40.8 Å². The van der Waals surface area contributed by atoms with Gasteiger partial charge in [0.2, 0.25) is 10.0 Å². The molecule has 5 rings (SSSR count). The molecule has 15 heteroatoms. The number of hydrogen-bond donors (Lipinski definition) is 2. The third-order valence-corrected chi connectivity index (χ3v) is 8.11. The molecule has 1 amide bonds. The number of anilines is 3. The van der Waals surface area contributed by atoms with E-state index in [1.807, 2.05) is 6.26 Å². The fourth-order valence-corrected chi connectivity index (χ4v) is 5.93. The predicted molar refractivity (Wildman–Crippen MR) is 166 cm³/mol. The summed E-state index contributed by atoms with van der Waals surface area (Å²) in [5.41, 5.74) is 2.51. The molecule has 0 atom stereocenters. The van der Waals surface area contributed by atoms with Crippen LogP contribution in [0.15, 0.2) is 65.8 Å². The Hall–Kier alpha value is -3.88. The van der Waals surface area contributed by atoms with Gasteiger partial charge in [0.05, 0.1) is 48.2 Å². The summed E-state index contributed by atoms with van der Waals surface area (Å²) in [5, 5.41) is 2.91. The number of alkyl halides is 2. The van der Waals surface area contributed by atoms with Crippen molar-refractivity contribution in [1.82, 2.24) is 9.55 Å². The van der Waals surface area contributed by atoms with Gasteiger partial charge in [-0.05, 0) is 54.3 Å². The second-order valence-corrected chi connectivity index (χ2v) is 13.4. The number of amides is 1. The van der Waals surface area contributed by atoms with E-state index in [2.05, 4.69) is 15.0 Å². The Bertz CT molecular complexity index is 1840. The van der Waals surface area contributed by atoms with E-state index >= 15 is 0 Å². The minimum absolute atomic E-state index is 0.0179. The number of halogens is 4. The second kappa shape index (κ2) is 12.3. The molecule has 1 aliphatic heterocycles. The Labute approximate surface area is 261 Å². The van der Waals surface area contributed by atoms with Gasteiger partial charge in [0.15, 0.2) is 0 Å². The van der Waals surface area contributed by atoms with Crippen LogP contribution in [0.1, 0.15) is 15.9 Å². The van der Waals surface area contributed by atoms with Gasteiger partial charge in [-0.1, -0.05) is 11.6 Å². The van der Waals surface area contributed by atoms with E-state index in [4.69, 9.17) is 16.3 Å². The van der Waals surface area contributed by atoms with Gasteiger partial charge in [0.1, 0.15) is 23.9 Å². The number of hydrogen-bond acceptors (Lipinski definition) is 7. The number of aryl methyl sites for hydroxylation is 1. The summed E-state index contributed by atoms with van der Waals surface area (Å²) in [6, 6.07) is 12.0. The van der Waals surface area contributed by atoms with Crippen molar-refractivity contribution in [1.29, 1.82) is 0 Å². The molecule has 2 aromatic carbocycles. The third-order valence-electron chi connectivity index (χ3n) is 6.58. The maximum absolute atomic E-state index is 14.1. The number of pyridine rings is 1. The van der Waals surface area contributed by atoms with E-state index in [1.165, 1.54) is 53.2 Å². The minimum Gasteiger partial charge on any atom is -0.486 e. The first-order valence-electron chi connectivity index (χ1n) is 13.0. The molecular formula is C29H27ClF3N5O4S2. The van der Waals surface area contributed by atoms with Crippen LogP contribution in [0.4, 0.5) is 30.2 Å². The van der Waals surface area contributed by atoms with Crippen LogP contribution in [0.2, 0.25) is 5.02 Å². The van der Waals surface area contributed by atoms with E-state index in [1.54, 1.807) is 36.0 Å². The zero-order chi connectivity index (χ0) is 31.8. The highest BCUT2D eigenvalue weighted by Gasteiger charge is 2.44. The van der Waals surface area contributed by atoms with Crippen molar-refractivity contribution in [2.24, 2.45) is 7.05 Å². The Morgan fingerprint density at radius 2 is 1.84 bits per heavy atom. The van der Waals surface area contributed by atoms with Gasteiger partial charge in [-0.3, -0.25) is 9.52 Å². The van der Waals surface area contributed by atoms with Gasteiger partial charge < -0.3 is 19.5 Å². The molecule has 9 nitrogen and oxygen atoms in total. The lowest BCUT2D eigenvalue weighted by atomic mass is 10.1. The summed E-state index contributed by atoms with van der Waals surface area (Å²) in [6.07, 6.45) is 5.85. The highest BCUT2D eigenvalue weighted by Crippen LogP contribution is 2.37. The molecule has 44 heavy (non-hydrogen) atoms. The first kappa shape index (κ1) is 31.5. The van der Waals surface area contributed by atoms with Crippen LogP contribution in [0.25, 0.3) is 11.4 Å². The van der Waals surface area contributed by atoms with Crippen molar-refractivity contribution in [2.75, 3.05) is 40.5 Å². The largest absolute Gasteiger partial charge is 0.486 e. The molecule has 0 spiro atoms. The van der Waals surface area contributed by atoms with Crippen molar-refractivity contribution in [3.8, 4) is 17.1 Å². The van der Waals surface area contributed by atoms with Gasteiger partial charge in [-0.15, -0.1) is 11.8 Å². The van der Waals surface area contributed by atoms with E-state index in [0.717, 1.165) is 11.2 Å². The van der Waals surface area contributed by atoms with Crippen molar-refractivity contribution >= 4 is 56.4 Å². The molecule has 2 N–H and O–H groups in total. The SMILES string of the molecule is CSc1cc(F)cc(COc2cc(N3CC(F)(F)C3)cnc2-c2cc(C(=O)Nc3cc(Cl)cc(NS(C)(=O)=O)c3)cn2C)c1. The van der Waals surface area contributed by atoms with Gasteiger partial charge in [0.25, 0.3) is 11.8 Å². The van der Waals surface area contributed by atoms with E-state index in [-0.39, 0.29) is 34.3 Å². The average Bonchev–Trinajstić information content (AvgIpc) is 3.30. The van der Waals surface area contributed by atoms with Crippen LogP contribution >= 0.6 is 23.4 Å². The number of rotatable bonds is 10. The number of nitrogens with zero attached hydrogens (tertiary/aromatic N) is 3. The van der Waals surface area contributed by atoms with Gasteiger partial charge in [-0.2, -0.15) is 0 Å². The number of sulfonamides is 1. The van der Waals surface area contributed by atoms with Crippen LogP contribution in [-0.4, -0.2) is 55.4 Å². The average molecular weight is 666 g/mol. The number of benzene rings is 2. The summed E-state index contributed by atoms with van der Waals surface area (Å²) in [6.45, 7) is -0.919. The van der Waals surface area contributed by atoms with Crippen LogP contribution in [-0.2, 0) is 23.7 Å². The first-order chi connectivity index (χ1) is 20.7. The van der Waals surface area contributed by atoms with Crippen LogP contribution < -0.4 is 19.7 Å². The molecule has 3 heterocycles. The normalized spacial score (nSPS) is 14.2. The second-order valence-electron chi connectivity index (χ2n) is 10.3. The number of ether oxygens (including phenoxy) is 1. The fraction of sp³-hybridized carbons (Fsp3) is 0.241. The van der Waals surface area contributed by atoms with Crippen LogP contribution in [0, 0.1) is 5.82 Å². The molecule has 1 aliphatic rings. The summed E-state index contributed by atoms with van der Waals surface area (Å²) >= 11 is 7.50. The van der Waals surface area contributed by atoms with Gasteiger partial charge >= 0.3 is 0 Å². The summed E-state index contributed by atoms with van der Waals surface area (Å²) in [7, 11) is -1.87.